The highest BCUT2D eigenvalue weighted by molar-refractivity contribution is 6.33. The number of hydrogen-bond acceptors (Lipinski definition) is 3. The molecule has 0 unspecified atom stereocenters. The van der Waals surface area contributed by atoms with Crippen molar-refractivity contribution >= 4 is 40.0 Å². The zero-order chi connectivity index (χ0) is 16.4. The van der Waals surface area contributed by atoms with Crippen molar-refractivity contribution < 1.29 is 9.90 Å². The zero-order valence-corrected chi connectivity index (χ0v) is 13.4. The third-order valence-corrected chi connectivity index (χ3v) is 4.04. The van der Waals surface area contributed by atoms with E-state index in [-0.39, 0.29) is 25.3 Å². The first-order chi connectivity index (χ1) is 11.1. The van der Waals surface area contributed by atoms with E-state index in [1.807, 2.05) is 6.07 Å². The van der Waals surface area contributed by atoms with Crippen LogP contribution in [-0.4, -0.2) is 16.0 Å². The molecule has 0 saturated carbocycles. The molecule has 0 aliphatic carbocycles. The smallest absolute Gasteiger partial charge is 0.255 e. The summed E-state index contributed by atoms with van der Waals surface area (Å²) in [6, 6.07) is 11.9. The average Bonchev–Trinajstić information content (AvgIpc) is 2.56. The van der Waals surface area contributed by atoms with Gasteiger partial charge in [0.25, 0.3) is 5.91 Å². The number of amides is 1. The molecule has 0 bridgehead atoms. The molecule has 24 heavy (non-hydrogen) atoms. The normalized spacial score (nSPS) is 10.2. The van der Waals surface area contributed by atoms with Crippen LogP contribution in [0, 0.1) is 0 Å². The van der Waals surface area contributed by atoms with E-state index >= 15 is 0 Å². The number of hydrogen-bond donors (Lipinski definition) is 2. The summed E-state index contributed by atoms with van der Waals surface area (Å²) in [5.74, 6) is -0.552. The number of phenols is 1. The van der Waals surface area contributed by atoms with Crippen LogP contribution in [0.2, 0.25) is 10.0 Å². The molecule has 3 aromatic rings. The van der Waals surface area contributed by atoms with Crippen LogP contribution in [0.1, 0.15) is 23.3 Å². The summed E-state index contributed by atoms with van der Waals surface area (Å²) in [5.41, 5.74) is 1.25. The van der Waals surface area contributed by atoms with Crippen LogP contribution in [-0.2, 0) is 6.54 Å². The monoisotopic (exact) mass is 362 g/mol. The largest absolute Gasteiger partial charge is 0.505 e. The van der Waals surface area contributed by atoms with Gasteiger partial charge < -0.3 is 10.4 Å². The molecule has 0 saturated heterocycles. The molecular formula is C18H16Cl2N2O2. The molecule has 2 aromatic carbocycles. The Labute approximate surface area is 150 Å². The highest BCUT2D eigenvalue weighted by atomic mass is 35.5. The first-order valence-corrected chi connectivity index (χ1v) is 7.60. The van der Waals surface area contributed by atoms with Crippen LogP contribution in [0.4, 0.5) is 0 Å². The maximum absolute atomic E-state index is 12.3. The molecule has 0 aliphatic rings. The van der Waals surface area contributed by atoms with Crippen LogP contribution in [0.5, 0.6) is 5.75 Å². The lowest BCUT2D eigenvalue weighted by Gasteiger charge is -2.10. The number of nitrogens with zero attached hydrogens (tertiary/aromatic N) is 1. The summed E-state index contributed by atoms with van der Waals surface area (Å²) in [7, 11) is 0. The van der Waals surface area contributed by atoms with Crippen molar-refractivity contribution in [3.8, 4) is 5.75 Å². The molecule has 4 nitrogen and oxygen atoms in total. The number of pyridine rings is 1. The van der Waals surface area contributed by atoms with Crippen molar-refractivity contribution in [3.63, 3.8) is 0 Å². The van der Waals surface area contributed by atoms with E-state index in [1.165, 1.54) is 0 Å². The van der Waals surface area contributed by atoms with Crippen molar-refractivity contribution in [2.45, 2.75) is 14.0 Å². The van der Waals surface area contributed by atoms with Crippen LogP contribution in [0.3, 0.4) is 0 Å². The minimum absolute atomic E-state index is 0. The SMILES string of the molecule is C.O=C(NCc1cc(Cl)ccc1Cl)c1ccc2cccnc2c1O. The Morgan fingerprint density at radius 1 is 1.17 bits per heavy atom. The van der Waals surface area contributed by atoms with Crippen LogP contribution in [0.25, 0.3) is 10.9 Å². The lowest BCUT2D eigenvalue weighted by Crippen LogP contribution is -2.23. The number of aromatic nitrogens is 1. The summed E-state index contributed by atoms with van der Waals surface area (Å²) in [4.78, 5) is 16.4. The Morgan fingerprint density at radius 2 is 1.96 bits per heavy atom. The third kappa shape index (κ3) is 3.61. The third-order valence-electron chi connectivity index (χ3n) is 3.44. The molecule has 0 aliphatic heterocycles. The standard InChI is InChI=1S/C17H12Cl2N2O2.CH4/c18-12-4-6-14(19)11(8-12)9-21-17(23)13-5-3-10-2-1-7-20-15(10)16(13)22;/h1-8,22H,9H2,(H,21,23);1H4. The molecule has 1 amide bonds. The first-order valence-electron chi connectivity index (χ1n) is 6.85. The fourth-order valence-electron chi connectivity index (χ4n) is 2.26. The van der Waals surface area contributed by atoms with Gasteiger partial charge in [0, 0.05) is 28.2 Å². The molecule has 6 heteroatoms. The Bertz CT molecular complexity index is 897. The van der Waals surface area contributed by atoms with Crippen molar-refractivity contribution in [1.82, 2.24) is 10.3 Å². The number of carbonyl (C=O) groups excluding carboxylic acids is 1. The second kappa shape index (κ2) is 7.51. The van der Waals surface area contributed by atoms with Crippen molar-refractivity contribution in [2.24, 2.45) is 0 Å². The number of carbonyl (C=O) groups is 1. The molecule has 1 heterocycles. The number of aromatic hydroxyl groups is 1. The van der Waals surface area contributed by atoms with Gasteiger partial charge >= 0.3 is 0 Å². The van der Waals surface area contributed by atoms with Crippen molar-refractivity contribution in [2.75, 3.05) is 0 Å². The fourth-order valence-corrected chi connectivity index (χ4v) is 2.64. The minimum Gasteiger partial charge on any atom is -0.505 e. The van der Waals surface area contributed by atoms with E-state index < -0.39 is 5.91 Å². The first kappa shape index (κ1) is 18.0. The van der Waals surface area contributed by atoms with Gasteiger partial charge in [0.1, 0.15) is 5.52 Å². The highest BCUT2D eigenvalue weighted by Gasteiger charge is 2.14. The number of halogens is 2. The Hall–Kier alpha value is -2.30. The Morgan fingerprint density at radius 3 is 2.75 bits per heavy atom. The molecule has 2 N–H and O–H groups in total. The van der Waals surface area contributed by atoms with E-state index in [4.69, 9.17) is 23.2 Å². The molecule has 0 fully saturated rings. The average molecular weight is 363 g/mol. The fraction of sp³-hybridized carbons (Fsp3) is 0.111. The molecule has 0 spiro atoms. The molecule has 3 rings (SSSR count). The van der Waals surface area contributed by atoms with Crippen LogP contribution >= 0.6 is 23.2 Å². The number of benzene rings is 2. The topological polar surface area (TPSA) is 62.2 Å². The summed E-state index contributed by atoms with van der Waals surface area (Å²) >= 11 is 12.0. The van der Waals surface area contributed by atoms with Gasteiger partial charge in [0.05, 0.1) is 5.56 Å². The lowest BCUT2D eigenvalue weighted by atomic mass is 10.1. The van der Waals surface area contributed by atoms with E-state index in [9.17, 15) is 9.90 Å². The Balaban J connectivity index is 0.00000208. The number of rotatable bonds is 3. The summed E-state index contributed by atoms with van der Waals surface area (Å²) < 4.78 is 0. The molecular weight excluding hydrogens is 347 g/mol. The number of fused-ring (bicyclic) bond motifs is 1. The highest BCUT2D eigenvalue weighted by Crippen LogP contribution is 2.27. The number of phenolic OH excluding ortho intramolecular Hbond substituents is 1. The maximum Gasteiger partial charge on any atom is 0.255 e. The van der Waals surface area contributed by atoms with E-state index in [2.05, 4.69) is 10.3 Å². The van der Waals surface area contributed by atoms with Gasteiger partial charge in [-0.05, 0) is 35.9 Å². The summed E-state index contributed by atoms with van der Waals surface area (Å²) in [6.45, 7) is 0.206. The lowest BCUT2D eigenvalue weighted by molar-refractivity contribution is 0.0948. The van der Waals surface area contributed by atoms with E-state index in [1.54, 1.807) is 42.6 Å². The maximum atomic E-state index is 12.3. The molecule has 124 valence electrons. The minimum atomic E-state index is -0.411. The molecule has 0 atom stereocenters. The van der Waals surface area contributed by atoms with Crippen LogP contribution in [0.15, 0.2) is 48.7 Å². The van der Waals surface area contributed by atoms with E-state index in [0.717, 1.165) is 5.39 Å². The summed E-state index contributed by atoms with van der Waals surface area (Å²) in [5, 5.41) is 14.8. The van der Waals surface area contributed by atoms with Gasteiger partial charge in [-0.3, -0.25) is 9.78 Å². The van der Waals surface area contributed by atoms with Gasteiger partial charge in [0.15, 0.2) is 5.75 Å². The van der Waals surface area contributed by atoms with Gasteiger partial charge in [0.2, 0.25) is 0 Å². The van der Waals surface area contributed by atoms with Gasteiger partial charge in [-0.15, -0.1) is 0 Å². The zero-order valence-electron chi connectivity index (χ0n) is 11.9. The molecule has 1 aromatic heterocycles. The van der Waals surface area contributed by atoms with Crippen molar-refractivity contribution in [3.05, 3.63) is 69.8 Å². The van der Waals surface area contributed by atoms with E-state index in [0.29, 0.717) is 21.1 Å². The number of nitrogens with one attached hydrogen (secondary N) is 1. The Kier molecular flexibility index (Phi) is 5.65. The van der Waals surface area contributed by atoms with Crippen LogP contribution < -0.4 is 5.32 Å². The second-order valence-corrected chi connectivity index (χ2v) is 5.80. The molecule has 0 radical (unpaired) electrons. The predicted octanol–water partition coefficient (Wildman–Crippen LogP) is 4.81. The van der Waals surface area contributed by atoms with Gasteiger partial charge in [-0.2, -0.15) is 0 Å². The van der Waals surface area contributed by atoms with Crippen molar-refractivity contribution in [1.29, 1.82) is 0 Å². The second-order valence-electron chi connectivity index (χ2n) is 4.96. The quantitative estimate of drug-likeness (QED) is 0.702. The van der Waals surface area contributed by atoms with Gasteiger partial charge in [-0.25, -0.2) is 0 Å². The predicted molar refractivity (Wildman–Crippen MR) is 97.8 cm³/mol. The van der Waals surface area contributed by atoms with Gasteiger partial charge in [-0.1, -0.05) is 42.8 Å². The summed E-state index contributed by atoms with van der Waals surface area (Å²) in [6.07, 6.45) is 1.56.